The van der Waals surface area contributed by atoms with Crippen LogP contribution in [0.5, 0.6) is 0 Å². The van der Waals surface area contributed by atoms with E-state index in [0.29, 0.717) is 17.0 Å². The van der Waals surface area contributed by atoms with Gasteiger partial charge in [0.25, 0.3) is 5.91 Å². The van der Waals surface area contributed by atoms with E-state index in [1.165, 1.54) is 6.26 Å². The molecule has 5 heteroatoms. The highest BCUT2D eigenvalue weighted by Gasteiger charge is 2.12. The maximum absolute atomic E-state index is 12.4. The first-order valence-corrected chi connectivity index (χ1v) is 10.0. The Bertz CT molecular complexity index is 811. The van der Waals surface area contributed by atoms with Crippen molar-refractivity contribution >= 4 is 21.4 Å². The van der Waals surface area contributed by atoms with Gasteiger partial charge < -0.3 is 5.32 Å². The Kier molecular flexibility index (Phi) is 5.78. The van der Waals surface area contributed by atoms with Crippen molar-refractivity contribution < 1.29 is 13.2 Å². The molecule has 2 rings (SSSR count). The van der Waals surface area contributed by atoms with Crippen LogP contribution in [0, 0.1) is 0 Å². The minimum absolute atomic E-state index is 0.0221. The number of para-hydroxylation sites is 1. The number of carbonyl (C=O) groups is 1. The molecule has 1 atom stereocenters. The van der Waals surface area contributed by atoms with Gasteiger partial charge in [-0.2, -0.15) is 0 Å². The van der Waals surface area contributed by atoms with E-state index in [2.05, 4.69) is 19.2 Å². The zero-order chi connectivity index (χ0) is 17.7. The normalized spacial score (nSPS) is 12.6. The second-order valence-corrected chi connectivity index (χ2v) is 8.26. The largest absolute Gasteiger partial charge is 0.322 e. The highest BCUT2D eigenvalue weighted by Crippen LogP contribution is 2.26. The summed E-state index contributed by atoms with van der Waals surface area (Å²) in [5, 5.41) is 2.95. The fraction of sp³-hybridized carbons (Fsp3) is 0.316. The molecule has 0 aromatic heterocycles. The number of hydrogen-bond acceptors (Lipinski definition) is 3. The molecule has 1 amide bonds. The van der Waals surface area contributed by atoms with Gasteiger partial charge >= 0.3 is 0 Å². The van der Waals surface area contributed by atoms with Gasteiger partial charge in [-0.05, 0) is 41.7 Å². The van der Waals surface area contributed by atoms with E-state index < -0.39 is 9.84 Å². The van der Waals surface area contributed by atoms with Gasteiger partial charge in [0.05, 0.1) is 5.75 Å². The molecule has 1 N–H and O–H groups in total. The van der Waals surface area contributed by atoms with E-state index in [0.717, 1.165) is 17.7 Å². The highest BCUT2D eigenvalue weighted by molar-refractivity contribution is 7.89. The van der Waals surface area contributed by atoms with Crippen LogP contribution >= 0.6 is 0 Å². The molecule has 0 aliphatic rings. The van der Waals surface area contributed by atoms with Crippen molar-refractivity contribution in [2.24, 2.45) is 0 Å². The van der Waals surface area contributed by atoms with Crippen LogP contribution in [-0.4, -0.2) is 20.6 Å². The first-order valence-electron chi connectivity index (χ1n) is 7.97. The molecule has 0 heterocycles. The monoisotopic (exact) mass is 345 g/mol. The van der Waals surface area contributed by atoms with Crippen LogP contribution in [0.15, 0.2) is 48.5 Å². The molecule has 128 valence electrons. The first-order chi connectivity index (χ1) is 11.3. The molecule has 4 nitrogen and oxygen atoms in total. The third-order valence-corrected chi connectivity index (χ3v) is 4.85. The fourth-order valence-corrected chi connectivity index (χ4v) is 3.31. The molecule has 0 fully saturated rings. The number of carbonyl (C=O) groups excluding carboxylic acids is 1. The maximum atomic E-state index is 12.4. The van der Waals surface area contributed by atoms with E-state index in [-0.39, 0.29) is 11.7 Å². The van der Waals surface area contributed by atoms with Crippen LogP contribution in [0.2, 0.25) is 0 Å². The maximum Gasteiger partial charge on any atom is 0.255 e. The van der Waals surface area contributed by atoms with E-state index in [9.17, 15) is 13.2 Å². The fourth-order valence-electron chi connectivity index (χ4n) is 2.51. The van der Waals surface area contributed by atoms with Crippen LogP contribution in [0.4, 0.5) is 5.69 Å². The van der Waals surface area contributed by atoms with Gasteiger partial charge in [0.1, 0.15) is 0 Å². The number of hydrogen-bond donors (Lipinski definition) is 1. The van der Waals surface area contributed by atoms with Crippen molar-refractivity contribution in [3.8, 4) is 0 Å². The molecule has 24 heavy (non-hydrogen) atoms. The zero-order valence-corrected chi connectivity index (χ0v) is 15.1. The number of anilines is 1. The number of nitrogens with one attached hydrogen (secondary N) is 1. The summed E-state index contributed by atoms with van der Waals surface area (Å²) in [7, 11) is -3.08. The SMILES string of the molecule is CC[C@H](C)c1ccccc1NC(=O)c1ccc(CS(C)(=O)=O)cc1. The van der Waals surface area contributed by atoms with Gasteiger partial charge in [0.15, 0.2) is 9.84 Å². The molecular weight excluding hydrogens is 322 g/mol. The van der Waals surface area contributed by atoms with Crippen LogP contribution < -0.4 is 5.32 Å². The molecule has 0 radical (unpaired) electrons. The second-order valence-electron chi connectivity index (χ2n) is 6.12. The number of rotatable bonds is 6. The lowest BCUT2D eigenvalue weighted by Gasteiger charge is -2.15. The summed E-state index contributed by atoms with van der Waals surface area (Å²) in [5.41, 5.74) is 3.11. The third kappa shape index (κ3) is 4.93. The summed E-state index contributed by atoms with van der Waals surface area (Å²) in [6.45, 7) is 4.24. The molecule has 0 aliphatic heterocycles. The minimum Gasteiger partial charge on any atom is -0.322 e. The Morgan fingerprint density at radius 2 is 1.71 bits per heavy atom. The van der Waals surface area contributed by atoms with Gasteiger partial charge in [0.2, 0.25) is 0 Å². The summed E-state index contributed by atoms with van der Waals surface area (Å²) < 4.78 is 22.6. The standard InChI is InChI=1S/C19H23NO3S/c1-4-14(2)17-7-5-6-8-18(17)20-19(21)16-11-9-15(10-12-16)13-24(3,22)23/h5-12,14H,4,13H2,1-3H3,(H,20,21)/t14-/m0/s1. The van der Waals surface area contributed by atoms with Gasteiger partial charge in [-0.1, -0.05) is 44.2 Å². The van der Waals surface area contributed by atoms with Crippen LogP contribution in [0.1, 0.15) is 47.7 Å². The molecular formula is C19H23NO3S. The molecule has 0 saturated carbocycles. The van der Waals surface area contributed by atoms with E-state index in [4.69, 9.17) is 0 Å². The Labute approximate surface area is 143 Å². The average molecular weight is 345 g/mol. The van der Waals surface area contributed by atoms with Crippen molar-refractivity contribution in [1.29, 1.82) is 0 Å². The van der Waals surface area contributed by atoms with E-state index >= 15 is 0 Å². The molecule has 0 unspecified atom stereocenters. The Hall–Kier alpha value is -2.14. The molecule has 0 bridgehead atoms. The van der Waals surface area contributed by atoms with E-state index in [1.807, 2.05) is 24.3 Å². The molecule has 2 aromatic carbocycles. The Balaban J connectivity index is 2.16. The Morgan fingerprint density at radius 1 is 1.08 bits per heavy atom. The number of sulfone groups is 1. The second kappa shape index (κ2) is 7.62. The van der Waals surface area contributed by atoms with Gasteiger partial charge in [-0.25, -0.2) is 8.42 Å². The molecule has 0 aliphatic carbocycles. The predicted octanol–water partition coefficient (Wildman–Crippen LogP) is 4.00. The lowest BCUT2D eigenvalue weighted by molar-refractivity contribution is 0.102. The van der Waals surface area contributed by atoms with Crippen molar-refractivity contribution in [3.63, 3.8) is 0 Å². The number of amides is 1. The topological polar surface area (TPSA) is 63.2 Å². The van der Waals surface area contributed by atoms with Crippen molar-refractivity contribution in [3.05, 3.63) is 65.2 Å². The van der Waals surface area contributed by atoms with Gasteiger partial charge in [-0.3, -0.25) is 4.79 Å². The van der Waals surface area contributed by atoms with Gasteiger partial charge in [0, 0.05) is 17.5 Å². The summed E-state index contributed by atoms with van der Waals surface area (Å²) in [4.78, 5) is 12.4. The van der Waals surface area contributed by atoms with Crippen LogP contribution in [0.25, 0.3) is 0 Å². The summed E-state index contributed by atoms with van der Waals surface area (Å²) in [6, 6.07) is 14.5. The Morgan fingerprint density at radius 3 is 2.29 bits per heavy atom. The van der Waals surface area contributed by atoms with Crippen molar-refractivity contribution in [1.82, 2.24) is 0 Å². The summed E-state index contributed by atoms with van der Waals surface area (Å²) >= 11 is 0. The van der Waals surface area contributed by atoms with Crippen LogP contribution in [0.3, 0.4) is 0 Å². The lowest BCUT2D eigenvalue weighted by Crippen LogP contribution is -2.14. The highest BCUT2D eigenvalue weighted by atomic mass is 32.2. The average Bonchev–Trinajstić information content (AvgIpc) is 2.53. The lowest BCUT2D eigenvalue weighted by atomic mass is 9.97. The minimum atomic E-state index is -3.08. The third-order valence-electron chi connectivity index (χ3n) is 4.00. The van der Waals surface area contributed by atoms with Gasteiger partial charge in [-0.15, -0.1) is 0 Å². The zero-order valence-electron chi connectivity index (χ0n) is 14.2. The summed E-state index contributed by atoms with van der Waals surface area (Å²) in [5.74, 6) is 0.140. The van der Waals surface area contributed by atoms with Crippen molar-refractivity contribution in [2.45, 2.75) is 31.9 Å². The van der Waals surface area contributed by atoms with Crippen molar-refractivity contribution in [2.75, 3.05) is 11.6 Å². The number of benzene rings is 2. The molecule has 0 saturated heterocycles. The smallest absolute Gasteiger partial charge is 0.255 e. The summed E-state index contributed by atoms with van der Waals surface area (Å²) in [6.07, 6.45) is 2.19. The quantitative estimate of drug-likeness (QED) is 0.861. The van der Waals surface area contributed by atoms with E-state index in [1.54, 1.807) is 24.3 Å². The first kappa shape index (κ1) is 18.2. The molecule has 0 spiro atoms. The molecule has 2 aromatic rings. The predicted molar refractivity (Wildman–Crippen MR) is 98.1 cm³/mol. The van der Waals surface area contributed by atoms with Crippen LogP contribution in [-0.2, 0) is 15.6 Å².